The molecule has 0 saturated carbocycles. The van der Waals surface area contributed by atoms with Gasteiger partial charge in [-0.3, -0.25) is 24.1 Å². The second-order valence-corrected chi connectivity index (χ2v) is 8.46. The van der Waals surface area contributed by atoms with Gasteiger partial charge in [0.1, 0.15) is 11.5 Å². The number of rotatable bonds is 9. The highest BCUT2D eigenvalue weighted by Crippen LogP contribution is 2.35. The number of hydrogen-bond acceptors (Lipinski definition) is 8. The normalized spacial score (nSPS) is 18.5. The summed E-state index contributed by atoms with van der Waals surface area (Å²) in [6.45, 7) is -0.552. The van der Waals surface area contributed by atoms with Crippen molar-refractivity contribution in [3.05, 3.63) is 71.8 Å². The average molecular weight is 491 g/mol. The van der Waals surface area contributed by atoms with Crippen LogP contribution in [0.4, 0.5) is 0 Å². The van der Waals surface area contributed by atoms with Gasteiger partial charge in [0, 0.05) is 12.1 Å². The van der Waals surface area contributed by atoms with Gasteiger partial charge in [-0.05, 0) is 55.3 Å². The number of likely N-dealkylation sites (tertiary alicyclic amines) is 1. The van der Waals surface area contributed by atoms with Crippen molar-refractivity contribution in [1.29, 1.82) is 0 Å². The van der Waals surface area contributed by atoms with Crippen LogP contribution in [0.5, 0.6) is 11.5 Å². The van der Waals surface area contributed by atoms with Crippen LogP contribution in [-0.2, 0) is 19.1 Å². The van der Waals surface area contributed by atoms with Gasteiger partial charge in [-0.15, -0.1) is 0 Å². The topological polar surface area (TPSA) is 116 Å². The van der Waals surface area contributed by atoms with E-state index in [-0.39, 0.29) is 47.9 Å². The number of fused-ring (bicyclic) bond motifs is 1. The zero-order valence-corrected chi connectivity index (χ0v) is 19.7. The Morgan fingerprint density at radius 2 is 1.56 bits per heavy atom. The predicted octanol–water partition coefficient (Wildman–Crippen LogP) is 2.98. The van der Waals surface area contributed by atoms with E-state index >= 15 is 0 Å². The SMILES string of the molecule is COc1cccc(C(=O)Oc2ccc(C(=O)COC(=O)CCN3C(=O)C4CC=CCC4C3=O)cc2)c1. The Bertz CT molecular complexity index is 1190. The van der Waals surface area contributed by atoms with Gasteiger partial charge >= 0.3 is 11.9 Å². The number of methoxy groups -OCH3 is 1. The van der Waals surface area contributed by atoms with Crippen molar-refractivity contribution < 1.29 is 38.2 Å². The number of nitrogens with zero attached hydrogens (tertiary/aromatic N) is 1. The first-order valence-electron chi connectivity index (χ1n) is 11.5. The maximum absolute atomic E-state index is 12.4. The first-order chi connectivity index (χ1) is 17.4. The maximum Gasteiger partial charge on any atom is 0.343 e. The number of amides is 2. The third-order valence-electron chi connectivity index (χ3n) is 6.19. The van der Waals surface area contributed by atoms with E-state index in [1.54, 1.807) is 24.3 Å². The number of Topliss-reactive ketones (excluding diaryl/α,β-unsaturated/α-hetero) is 1. The summed E-state index contributed by atoms with van der Waals surface area (Å²) in [6, 6.07) is 12.4. The zero-order chi connectivity index (χ0) is 25.7. The van der Waals surface area contributed by atoms with E-state index in [1.165, 1.54) is 31.4 Å². The first-order valence-corrected chi connectivity index (χ1v) is 11.5. The van der Waals surface area contributed by atoms with E-state index in [1.807, 2.05) is 12.2 Å². The molecule has 1 aliphatic carbocycles. The van der Waals surface area contributed by atoms with Crippen molar-refractivity contribution in [2.24, 2.45) is 11.8 Å². The molecule has 4 rings (SSSR count). The summed E-state index contributed by atoms with van der Waals surface area (Å²) in [7, 11) is 1.50. The lowest BCUT2D eigenvalue weighted by Crippen LogP contribution is -2.33. The van der Waals surface area contributed by atoms with E-state index in [2.05, 4.69) is 0 Å². The van der Waals surface area contributed by atoms with Gasteiger partial charge in [0.15, 0.2) is 12.4 Å². The lowest BCUT2D eigenvalue weighted by atomic mass is 9.85. The molecular weight excluding hydrogens is 466 g/mol. The fourth-order valence-electron chi connectivity index (χ4n) is 4.22. The van der Waals surface area contributed by atoms with Gasteiger partial charge in [-0.25, -0.2) is 4.79 Å². The van der Waals surface area contributed by atoms with E-state index in [9.17, 15) is 24.0 Å². The Labute approximate surface area is 207 Å². The second-order valence-electron chi connectivity index (χ2n) is 8.46. The predicted molar refractivity (Wildman–Crippen MR) is 126 cm³/mol. The molecule has 9 heteroatoms. The number of carbonyl (C=O) groups is 5. The Kier molecular flexibility index (Phi) is 7.58. The van der Waals surface area contributed by atoms with E-state index in [4.69, 9.17) is 14.2 Å². The number of carbonyl (C=O) groups excluding carboxylic acids is 5. The molecule has 2 aromatic rings. The molecule has 36 heavy (non-hydrogen) atoms. The maximum atomic E-state index is 12.4. The minimum absolute atomic E-state index is 0.0644. The molecule has 2 aliphatic rings. The molecule has 1 saturated heterocycles. The highest BCUT2D eigenvalue weighted by atomic mass is 16.5. The Morgan fingerprint density at radius 1 is 0.889 bits per heavy atom. The highest BCUT2D eigenvalue weighted by molar-refractivity contribution is 6.05. The fraction of sp³-hybridized carbons (Fsp3) is 0.296. The van der Waals surface area contributed by atoms with Crippen LogP contribution in [0.1, 0.15) is 40.0 Å². The van der Waals surface area contributed by atoms with Crippen molar-refractivity contribution in [3.8, 4) is 11.5 Å². The van der Waals surface area contributed by atoms with Gasteiger partial charge in [0.05, 0.1) is 30.9 Å². The molecule has 0 radical (unpaired) electrons. The van der Waals surface area contributed by atoms with E-state index in [0.29, 0.717) is 24.2 Å². The summed E-state index contributed by atoms with van der Waals surface area (Å²) in [5.74, 6) is -2.15. The van der Waals surface area contributed by atoms with Crippen LogP contribution in [0.15, 0.2) is 60.7 Å². The van der Waals surface area contributed by atoms with Crippen molar-refractivity contribution in [3.63, 3.8) is 0 Å². The molecule has 0 N–H and O–H groups in total. The van der Waals surface area contributed by atoms with Crippen molar-refractivity contribution in [2.45, 2.75) is 19.3 Å². The molecule has 1 fully saturated rings. The lowest BCUT2D eigenvalue weighted by Gasteiger charge is -2.14. The third kappa shape index (κ3) is 5.51. The smallest absolute Gasteiger partial charge is 0.343 e. The van der Waals surface area contributed by atoms with Gasteiger partial charge in [0.2, 0.25) is 11.8 Å². The van der Waals surface area contributed by atoms with Crippen LogP contribution in [0.25, 0.3) is 0 Å². The molecule has 9 nitrogen and oxygen atoms in total. The van der Waals surface area contributed by atoms with Crippen LogP contribution in [-0.4, -0.2) is 54.7 Å². The molecule has 0 bridgehead atoms. The van der Waals surface area contributed by atoms with Crippen LogP contribution in [0, 0.1) is 11.8 Å². The molecular formula is C27H25NO8. The molecule has 2 atom stereocenters. The lowest BCUT2D eigenvalue weighted by molar-refractivity contribution is -0.145. The molecule has 1 heterocycles. The average Bonchev–Trinajstić information content (AvgIpc) is 3.15. The molecule has 2 amide bonds. The minimum Gasteiger partial charge on any atom is -0.497 e. The Balaban J connectivity index is 1.23. The van der Waals surface area contributed by atoms with Crippen molar-refractivity contribution in [2.75, 3.05) is 20.3 Å². The first kappa shape index (κ1) is 24.8. The summed E-state index contributed by atoms with van der Waals surface area (Å²) in [6.07, 6.45) is 4.67. The number of esters is 2. The standard InChI is InChI=1S/C27H25NO8/c1-34-20-6-4-5-18(15-20)27(33)36-19-11-9-17(10-12-19)23(29)16-35-24(30)13-14-28-25(31)21-7-2-3-8-22(21)26(28)32/h2-6,9-12,15,21-22H,7-8,13-14,16H2,1H3. The second kappa shape index (κ2) is 11.0. The molecule has 0 spiro atoms. The number of hydrogen-bond donors (Lipinski definition) is 0. The number of imide groups is 1. The summed E-state index contributed by atoms with van der Waals surface area (Å²) in [4.78, 5) is 62.8. The Morgan fingerprint density at radius 3 is 2.19 bits per heavy atom. The van der Waals surface area contributed by atoms with E-state index in [0.717, 1.165) is 4.90 Å². The summed E-state index contributed by atoms with van der Waals surface area (Å²) in [5.41, 5.74) is 0.583. The summed E-state index contributed by atoms with van der Waals surface area (Å²) >= 11 is 0. The highest BCUT2D eigenvalue weighted by Gasteiger charge is 2.46. The van der Waals surface area contributed by atoms with Gasteiger partial charge in [-0.1, -0.05) is 18.2 Å². The quantitative estimate of drug-likeness (QED) is 0.173. The van der Waals surface area contributed by atoms with Gasteiger partial charge in [-0.2, -0.15) is 0 Å². The molecule has 186 valence electrons. The number of ketones is 1. The van der Waals surface area contributed by atoms with Crippen LogP contribution in [0.3, 0.4) is 0 Å². The summed E-state index contributed by atoms with van der Waals surface area (Å²) in [5, 5.41) is 0. The molecule has 0 aromatic heterocycles. The van der Waals surface area contributed by atoms with E-state index < -0.39 is 24.3 Å². The number of ether oxygens (including phenoxy) is 3. The van der Waals surface area contributed by atoms with Gasteiger partial charge < -0.3 is 14.2 Å². The molecule has 2 unspecified atom stereocenters. The summed E-state index contributed by atoms with van der Waals surface area (Å²) < 4.78 is 15.4. The number of benzene rings is 2. The number of allylic oxidation sites excluding steroid dienone is 2. The largest absolute Gasteiger partial charge is 0.497 e. The zero-order valence-electron chi connectivity index (χ0n) is 19.7. The molecule has 1 aliphatic heterocycles. The molecule has 2 aromatic carbocycles. The van der Waals surface area contributed by atoms with Crippen molar-refractivity contribution in [1.82, 2.24) is 4.90 Å². The van der Waals surface area contributed by atoms with Gasteiger partial charge in [0.25, 0.3) is 0 Å². The van der Waals surface area contributed by atoms with Crippen LogP contribution in [0.2, 0.25) is 0 Å². The van der Waals surface area contributed by atoms with Crippen molar-refractivity contribution >= 4 is 29.5 Å². The minimum atomic E-state index is -0.680. The van der Waals surface area contributed by atoms with Crippen LogP contribution >= 0.6 is 0 Å². The Hall–Kier alpha value is -4.27. The van der Waals surface area contributed by atoms with Crippen LogP contribution < -0.4 is 9.47 Å². The fourth-order valence-corrected chi connectivity index (χ4v) is 4.22. The monoisotopic (exact) mass is 491 g/mol. The third-order valence-corrected chi connectivity index (χ3v) is 6.19.